The van der Waals surface area contributed by atoms with Gasteiger partial charge in [0.25, 0.3) is 0 Å². The van der Waals surface area contributed by atoms with Crippen molar-refractivity contribution in [1.82, 2.24) is 5.32 Å². The molecule has 0 spiro atoms. The molecule has 0 unspecified atom stereocenters. The summed E-state index contributed by atoms with van der Waals surface area (Å²) in [4.78, 5) is 0. The molecule has 0 radical (unpaired) electrons. The maximum atomic E-state index is 13.5. The zero-order valence-corrected chi connectivity index (χ0v) is 12.3. The van der Waals surface area contributed by atoms with Crippen molar-refractivity contribution < 1.29 is 9.13 Å². The fourth-order valence-electron chi connectivity index (χ4n) is 1.52. The van der Waals surface area contributed by atoms with E-state index in [-0.39, 0.29) is 11.4 Å². The van der Waals surface area contributed by atoms with Gasteiger partial charge in [0.2, 0.25) is 0 Å². The van der Waals surface area contributed by atoms with E-state index >= 15 is 0 Å². The molecule has 0 heterocycles. The minimum absolute atomic E-state index is 0.00723. The highest BCUT2D eigenvalue weighted by Crippen LogP contribution is 2.17. The van der Waals surface area contributed by atoms with E-state index in [1.54, 1.807) is 0 Å². The Morgan fingerprint density at radius 3 is 2.58 bits per heavy atom. The highest BCUT2D eigenvalue weighted by Gasteiger charge is 2.09. The Bertz CT molecular complexity index is 435. The molecule has 3 heteroatoms. The fraction of sp³-hybridized carbons (Fsp3) is 0.500. The largest absolute Gasteiger partial charge is 0.493 e. The molecule has 1 rings (SSSR count). The third kappa shape index (κ3) is 6.97. The predicted octanol–water partition coefficient (Wildman–Crippen LogP) is 4.06. The van der Waals surface area contributed by atoms with Crippen molar-refractivity contribution in [2.45, 2.75) is 46.2 Å². The lowest BCUT2D eigenvalue weighted by molar-refractivity contribution is 0.319. The monoisotopic (exact) mass is 265 g/mol. The van der Waals surface area contributed by atoms with Crippen molar-refractivity contribution in [3.63, 3.8) is 0 Å². The van der Waals surface area contributed by atoms with Crippen LogP contribution in [0.1, 0.15) is 39.7 Å². The first-order chi connectivity index (χ1) is 8.76. The molecule has 2 nitrogen and oxygen atoms in total. The van der Waals surface area contributed by atoms with Gasteiger partial charge in [0.15, 0.2) is 0 Å². The Balaban J connectivity index is 2.63. The number of halogens is 1. The highest BCUT2D eigenvalue weighted by atomic mass is 19.1. The normalized spacial score (nSPS) is 11.4. The lowest BCUT2D eigenvalue weighted by Gasteiger charge is -2.20. The summed E-state index contributed by atoms with van der Waals surface area (Å²) in [5.41, 5.74) is 1.96. The molecule has 0 atom stereocenters. The number of benzene rings is 1. The van der Waals surface area contributed by atoms with Gasteiger partial charge < -0.3 is 10.1 Å². The third-order valence-corrected chi connectivity index (χ3v) is 2.55. The molecule has 0 aliphatic heterocycles. The van der Waals surface area contributed by atoms with Gasteiger partial charge in [-0.1, -0.05) is 5.57 Å². The molecule has 0 saturated heterocycles. The Labute approximate surface area is 115 Å². The standard InChI is InChI=1S/C16H24FNO/c1-12(2)6-7-19-15-9-13(8-14(17)10-15)11-18-16(3,4)5/h8-10,18H,1,6-7,11H2,2-5H3. The predicted molar refractivity (Wildman–Crippen MR) is 77.9 cm³/mol. The number of ether oxygens (including phenoxy) is 1. The van der Waals surface area contributed by atoms with Crippen molar-refractivity contribution >= 4 is 0 Å². The Hall–Kier alpha value is -1.35. The van der Waals surface area contributed by atoms with Gasteiger partial charge >= 0.3 is 0 Å². The molecular formula is C16H24FNO. The highest BCUT2D eigenvalue weighted by molar-refractivity contribution is 5.29. The van der Waals surface area contributed by atoms with E-state index in [0.29, 0.717) is 18.9 Å². The van der Waals surface area contributed by atoms with Crippen molar-refractivity contribution in [3.05, 3.63) is 41.7 Å². The van der Waals surface area contributed by atoms with Gasteiger partial charge in [-0.3, -0.25) is 0 Å². The second-order valence-electron chi connectivity index (χ2n) is 5.95. The van der Waals surface area contributed by atoms with Crippen LogP contribution in [0.2, 0.25) is 0 Å². The molecule has 19 heavy (non-hydrogen) atoms. The molecule has 0 amide bonds. The number of nitrogens with one attached hydrogen (secondary N) is 1. The number of rotatable bonds is 6. The van der Waals surface area contributed by atoms with Crippen molar-refractivity contribution in [3.8, 4) is 5.75 Å². The zero-order valence-electron chi connectivity index (χ0n) is 12.3. The van der Waals surface area contributed by atoms with Gasteiger partial charge in [-0.05, 0) is 45.4 Å². The lowest BCUT2D eigenvalue weighted by atomic mass is 10.1. The summed E-state index contributed by atoms with van der Waals surface area (Å²) >= 11 is 0. The lowest BCUT2D eigenvalue weighted by Crippen LogP contribution is -2.35. The Morgan fingerprint density at radius 1 is 1.32 bits per heavy atom. The van der Waals surface area contributed by atoms with Gasteiger partial charge in [0.1, 0.15) is 11.6 Å². The van der Waals surface area contributed by atoms with E-state index in [9.17, 15) is 4.39 Å². The molecule has 0 saturated carbocycles. The van der Waals surface area contributed by atoms with Crippen LogP contribution in [-0.2, 0) is 6.54 Å². The molecular weight excluding hydrogens is 241 g/mol. The van der Waals surface area contributed by atoms with Gasteiger partial charge in [-0.15, -0.1) is 6.58 Å². The van der Waals surface area contributed by atoms with Crippen LogP contribution >= 0.6 is 0 Å². The van der Waals surface area contributed by atoms with Crippen LogP contribution in [-0.4, -0.2) is 12.1 Å². The summed E-state index contributed by atoms with van der Waals surface area (Å²) < 4.78 is 19.0. The molecule has 0 aliphatic rings. The van der Waals surface area contributed by atoms with Crippen LogP contribution in [0.15, 0.2) is 30.4 Å². The first-order valence-electron chi connectivity index (χ1n) is 6.58. The number of hydrogen-bond donors (Lipinski definition) is 1. The van der Waals surface area contributed by atoms with Crippen molar-refractivity contribution in [1.29, 1.82) is 0 Å². The molecule has 0 bridgehead atoms. The van der Waals surface area contributed by atoms with Crippen molar-refractivity contribution in [2.24, 2.45) is 0 Å². The second kappa shape index (κ2) is 6.71. The Kier molecular flexibility index (Phi) is 5.55. The van der Waals surface area contributed by atoms with Crippen LogP contribution in [0.25, 0.3) is 0 Å². The molecule has 0 aromatic heterocycles. The molecule has 1 N–H and O–H groups in total. The second-order valence-corrected chi connectivity index (χ2v) is 5.95. The van der Waals surface area contributed by atoms with E-state index in [2.05, 4.69) is 32.7 Å². The minimum Gasteiger partial charge on any atom is -0.493 e. The van der Waals surface area contributed by atoms with E-state index in [0.717, 1.165) is 17.6 Å². The van der Waals surface area contributed by atoms with E-state index in [4.69, 9.17) is 4.74 Å². The third-order valence-electron chi connectivity index (χ3n) is 2.55. The smallest absolute Gasteiger partial charge is 0.127 e. The molecule has 0 fully saturated rings. The average Bonchev–Trinajstić information content (AvgIpc) is 2.24. The van der Waals surface area contributed by atoms with Gasteiger partial charge in [-0.25, -0.2) is 4.39 Å². The van der Waals surface area contributed by atoms with Crippen LogP contribution in [0.4, 0.5) is 4.39 Å². The first kappa shape index (κ1) is 15.7. The minimum atomic E-state index is -0.265. The molecule has 1 aromatic rings. The van der Waals surface area contributed by atoms with Crippen LogP contribution < -0.4 is 10.1 Å². The van der Waals surface area contributed by atoms with Crippen LogP contribution in [0, 0.1) is 5.82 Å². The van der Waals surface area contributed by atoms with Crippen LogP contribution in [0.5, 0.6) is 5.75 Å². The van der Waals surface area contributed by atoms with E-state index in [1.165, 1.54) is 12.1 Å². The van der Waals surface area contributed by atoms with Crippen LogP contribution in [0.3, 0.4) is 0 Å². The molecule has 106 valence electrons. The fourth-order valence-corrected chi connectivity index (χ4v) is 1.52. The Morgan fingerprint density at radius 2 is 2.00 bits per heavy atom. The first-order valence-corrected chi connectivity index (χ1v) is 6.58. The maximum Gasteiger partial charge on any atom is 0.127 e. The van der Waals surface area contributed by atoms with Gasteiger partial charge in [0, 0.05) is 24.6 Å². The number of hydrogen-bond acceptors (Lipinski definition) is 2. The summed E-state index contributed by atoms with van der Waals surface area (Å²) in [6.45, 7) is 13.2. The molecule has 1 aromatic carbocycles. The average molecular weight is 265 g/mol. The topological polar surface area (TPSA) is 21.3 Å². The maximum absolute atomic E-state index is 13.5. The summed E-state index contributed by atoms with van der Waals surface area (Å²) in [7, 11) is 0. The van der Waals surface area contributed by atoms with E-state index < -0.39 is 0 Å². The van der Waals surface area contributed by atoms with Gasteiger partial charge in [-0.2, -0.15) is 0 Å². The van der Waals surface area contributed by atoms with E-state index in [1.807, 2.05) is 13.0 Å². The summed E-state index contributed by atoms with van der Waals surface area (Å²) in [5, 5.41) is 3.33. The quantitative estimate of drug-likeness (QED) is 0.783. The summed E-state index contributed by atoms with van der Waals surface area (Å²) in [5.74, 6) is 0.311. The van der Waals surface area contributed by atoms with Gasteiger partial charge in [0.05, 0.1) is 6.61 Å². The zero-order chi connectivity index (χ0) is 14.5. The SMILES string of the molecule is C=C(C)CCOc1cc(F)cc(CNC(C)(C)C)c1. The van der Waals surface area contributed by atoms with Crippen molar-refractivity contribution in [2.75, 3.05) is 6.61 Å². The molecule has 0 aliphatic carbocycles. The summed E-state index contributed by atoms with van der Waals surface area (Å²) in [6, 6.07) is 4.82. The summed E-state index contributed by atoms with van der Waals surface area (Å²) in [6.07, 6.45) is 0.784.